The molecule has 8 unspecified atom stereocenters. The number of aryl methyl sites for hydroxylation is 1. The molecular weight excluding hydrogens is 705 g/mol. The highest BCUT2D eigenvalue weighted by Gasteiger charge is 2.59. The van der Waals surface area contributed by atoms with Crippen molar-refractivity contribution < 1.29 is 32.9 Å². The van der Waals surface area contributed by atoms with Crippen LogP contribution in [0.15, 0.2) is 57.3 Å². The van der Waals surface area contributed by atoms with E-state index in [1.54, 1.807) is 43.3 Å². The number of benzene rings is 2. The van der Waals surface area contributed by atoms with E-state index >= 15 is 0 Å². The van der Waals surface area contributed by atoms with E-state index in [1.165, 1.54) is 56.9 Å². The van der Waals surface area contributed by atoms with Crippen molar-refractivity contribution in [1.29, 1.82) is 0 Å². The summed E-state index contributed by atoms with van der Waals surface area (Å²) in [6.45, 7) is 15.1. The molecule has 2 heterocycles. The Morgan fingerprint density at radius 1 is 0.911 bits per heavy atom. The van der Waals surface area contributed by atoms with Crippen LogP contribution in [0.4, 0.5) is 0 Å². The average molecular weight is 767 g/mol. The van der Waals surface area contributed by atoms with E-state index in [0.29, 0.717) is 58.4 Å². The van der Waals surface area contributed by atoms with Gasteiger partial charge in [-0.15, -0.1) is 0 Å². The summed E-state index contributed by atoms with van der Waals surface area (Å²) < 4.78 is 35.4. The summed E-state index contributed by atoms with van der Waals surface area (Å²) in [5.41, 5.74) is 2.24. The summed E-state index contributed by atoms with van der Waals surface area (Å²) in [6, 6.07) is 10.2. The van der Waals surface area contributed by atoms with Crippen LogP contribution in [0.25, 0.3) is 11.0 Å². The smallest absolute Gasteiger partial charge is 0.344 e. The molecular formula is C48H62O8. The fourth-order valence-electron chi connectivity index (χ4n) is 11.9. The molecule has 1 aliphatic heterocycles. The van der Waals surface area contributed by atoms with Gasteiger partial charge in [-0.1, -0.05) is 65.5 Å². The topological polar surface area (TPSA) is 93.4 Å². The first-order chi connectivity index (χ1) is 26.9. The van der Waals surface area contributed by atoms with Crippen LogP contribution in [0, 0.1) is 53.3 Å². The molecule has 3 fully saturated rings. The van der Waals surface area contributed by atoms with Crippen LogP contribution in [0.1, 0.15) is 117 Å². The van der Waals surface area contributed by atoms with Crippen molar-refractivity contribution >= 4 is 16.9 Å². The molecule has 0 N–H and O–H groups in total. The Labute approximate surface area is 332 Å². The summed E-state index contributed by atoms with van der Waals surface area (Å²) in [6.07, 6.45) is 16.8. The minimum absolute atomic E-state index is 0.100. The molecule has 0 saturated heterocycles. The predicted molar refractivity (Wildman–Crippen MR) is 218 cm³/mol. The van der Waals surface area contributed by atoms with E-state index in [-0.39, 0.29) is 35.3 Å². The number of carbonyl (C=O) groups is 1. The van der Waals surface area contributed by atoms with Gasteiger partial charge >= 0.3 is 5.97 Å². The van der Waals surface area contributed by atoms with Gasteiger partial charge in [0.2, 0.25) is 11.2 Å². The molecule has 3 aromatic rings. The first-order valence-electron chi connectivity index (χ1n) is 21.6. The number of fused-ring (bicyclic) bond motifs is 7. The third kappa shape index (κ3) is 7.46. The summed E-state index contributed by atoms with van der Waals surface area (Å²) in [4.78, 5) is 26.6. The van der Waals surface area contributed by atoms with Crippen molar-refractivity contribution in [3.05, 3.63) is 64.0 Å². The Hall–Kier alpha value is -3.94. The summed E-state index contributed by atoms with van der Waals surface area (Å²) >= 11 is 0. The number of carbonyl (C=O) groups excluding carboxylic acids is 1. The van der Waals surface area contributed by atoms with Gasteiger partial charge in [-0.05, 0) is 122 Å². The lowest BCUT2D eigenvalue weighted by Gasteiger charge is -2.58. The number of hydrogen-bond donors (Lipinski definition) is 0. The highest BCUT2D eigenvalue weighted by atomic mass is 16.6. The number of allylic oxidation sites excluding steroid dienone is 1. The number of hydrogen-bond acceptors (Lipinski definition) is 8. The quantitative estimate of drug-likeness (QED) is 0.141. The molecule has 5 aliphatic rings. The highest BCUT2D eigenvalue weighted by Crippen LogP contribution is 2.67. The lowest BCUT2D eigenvalue weighted by Crippen LogP contribution is -2.51. The third-order valence-corrected chi connectivity index (χ3v) is 14.8. The Morgan fingerprint density at radius 3 is 2.54 bits per heavy atom. The van der Waals surface area contributed by atoms with Crippen LogP contribution < -0.4 is 24.4 Å². The minimum Gasteiger partial charge on any atom is -0.490 e. The molecule has 0 amide bonds. The minimum atomic E-state index is -0.377. The Kier molecular flexibility index (Phi) is 11.0. The van der Waals surface area contributed by atoms with Crippen molar-refractivity contribution in [2.75, 3.05) is 19.8 Å². The van der Waals surface area contributed by atoms with Crippen molar-refractivity contribution in [2.24, 2.45) is 46.3 Å². The normalized spacial score (nSPS) is 30.1. The first-order valence-corrected chi connectivity index (χ1v) is 21.6. The fourth-order valence-corrected chi connectivity index (χ4v) is 11.9. The molecule has 8 nitrogen and oxygen atoms in total. The second-order valence-corrected chi connectivity index (χ2v) is 18.7. The largest absolute Gasteiger partial charge is 0.490 e. The average Bonchev–Trinajstić information content (AvgIpc) is 3.36. The number of ether oxygens (including phenoxy) is 5. The Morgan fingerprint density at radius 2 is 1.71 bits per heavy atom. The van der Waals surface area contributed by atoms with Crippen LogP contribution in [0.3, 0.4) is 0 Å². The van der Waals surface area contributed by atoms with Crippen LogP contribution in [-0.2, 0) is 9.53 Å². The maximum Gasteiger partial charge on any atom is 0.344 e. The van der Waals surface area contributed by atoms with E-state index in [9.17, 15) is 9.59 Å². The zero-order valence-corrected chi connectivity index (χ0v) is 34.5. The number of esters is 1. The summed E-state index contributed by atoms with van der Waals surface area (Å²) in [5, 5.41) is 0.352. The highest BCUT2D eigenvalue weighted by molar-refractivity contribution is 5.80. The molecule has 56 heavy (non-hydrogen) atoms. The van der Waals surface area contributed by atoms with Gasteiger partial charge in [-0.25, -0.2) is 4.79 Å². The van der Waals surface area contributed by atoms with Crippen LogP contribution in [0.2, 0.25) is 0 Å². The van der Waals surface area contributed by atoms with E-state index in [4.69, 9.17) is 28.1 Å². The second-order valence-electron chi connectivity index (χ2n) is 18.7. The summed E-state index contributed by atoms with van der Waals surface area (Å²) in [5.74, 6) is 6.98. The molecule has 2 aromatic carbocycles. The maximum absolute atomic E-state index is 13.5. The molecule has 4 aliphatic carbocycles. The van der Waals surface area contributed by atoms with Crippen molar-refractivity contribution in [1.82, 2.24) is 0 Å². The zero-order valence-electron chi connectivity index (χ0n) is 34.5. The van der Waals surface area contributed by atoms with Crippen LogP contribution in [0.5, 0.6) is 28.7 Å². The Balaban J connectivity index is 0.862. The molecule has 1 aromatic heterocycles. The lowest BCUT2D eigenvalue weighted by molar-refractivity contribution is -0.153. The van der Waals surface area contributed by atoms with E-state index in [0.717, 1.165) is 61.2 Å². The van der Waals surface area contributed by atoms with Crippen LogP contribution >= 0.6 is 0 Å². The van der Waals surface area contributed by atoms with Crippen molar-refractivity contribution in [3.63, 3.8) is 0 Å². The van der Waals surface area contributed by atoms with Gasteiger partial charge in [0.25, 0.3) is 0 Å². The lowest BCUT2D eigenvalue weighted by atomic mass is 9.47. The van der Waals surface area contributed by atoms with Gasteiger partial charge in [0.1, 0.15) is 28.9 Å². The molecule has 8 rings (SSSR count). The van der Waals surface area contributed by atoms with E-state index < -0.39 is 0 Å². The molecule has 0 bridgehead atoms. The van der Waals surface area contributed by atoms with E-state index in [1.807, 2.05) is 0 Å². The maximum atomic E-state index is 13.5. The first kappa shape index (κ1) is 38.9. The molecule has 3 saturated carbocycles. The monoisotopic (exact) mass is 766 g/mol. The van der Waals surface area contributed by atoms with Gasteiger partial charge < -0.3 is 28.1 Å². The van der Waals surface area contributed by atoms with Gasteiger partial charge in [0.15, 0.2) is 18.1 Å². The summed E-state index contributed by atoms with van der Waals surface area (Å²) in [7, 11) is 0. The van der Waals surface area contributed by atoms with Crippen LogP contribution in [-0.4, -0.2) is 31.9 Å². The van der Waals surface area contributed by atoms with Crippen molar-refractivity contribution in [2.45, 2.75) is 125 Å². The van der Waals surface area contributed by atoms with Crippen molar-refractivity contribution in [3.8, 4) is 28.7 Å². The van der Waals surface area contributed by atoms with Gasteiger partial charge in [-0.3, -0.25) is 4.79 Å². The molecule has 8 atom stereocenters. The Bertz CT molecular complexity index is 2010. The van der Waals surface area contributed by atoms with E-state index in [2.05, 4.69) is 40.7 Å². The molecule has 302 valence electrons. The van der Waals surface area contributed by atoms with Gasteiger partial charge in [0, 0.05) is 25.0 Å². The standard InChI is InChI=1S/C48H62O8/c1-29(2)9-7-10-30(3)38-16-17-39-36-14-11-32-25-35(19-21-47(32,5)40(36)20-22-48(38,39)6)55-44(49)28-53-33-12-15-37-42(26-33)54-31(4)46(45(37)50)56-34-13-18-41-43(27-34)52-24-8-23-51-41/h11-13,15,18,26-27,29-30,35-36,38-40H,7-10,14,16-17,19-25,28H2,1-6H3. The molecule has 8 heteroatoms. The van der Waals surface area contributed by atoms with Gasteiger partial charge in [-0.2, -0.15) is 0 Å². The molecule has 0 spiro atoms. The fraction of sp³-hybridized carbons (Fsp3) is 0.625. The predicted octanol–water partition coefficient (Wildman–Crippen LogP) is 11.4. The SMILES string of the molecule is Cc1oc2cc(OCC(=O)OC3CCC4(C)C(=CCC5C4CCC4(C)C(C(C)CCCC(C)C)CCC54)C3)ccc2c(=O)c1Oc1ccc2c(c1)OCCCO2. The second kappa shape index (κ2) is 15.8. The number of rotatable bonds is 11. The molecule has 0 radical (unpaired) electrons. The zero-order chi connectivity index (χ0) is 39.2. The third-order valence-electron chi connectivity index (χ3n) is 14.8. The van der Waals surface area contributed by atoms with Gasteiger partial charge in [0.05, 0.1) is 18.6 Å².